The Morgan fingerprint density at radius 1 is 1.17 bits per heavy atom. The summed E-state index contributed by atoms with van der Waals surface area (Å²) < 4.78 is 31.9. The molecule has 0 radical (unpaired) electrons. The van der Waals surface area contributed by atoms with Gasteiger partial charge >= 0.3 is 5.97 Å². The molecule has 0 aromatic heterocycles. The summed E-state index contributed by atoms with van der Waals surface area (Å²) in [4.78, 5) is 11.7. The molecule has 0 saturated carbocycles. The first-order valence-electron chi connectivity index (χ1n) is 6.66. The van der Waals surface area contributed by atoms with Crippen LogP contribution in [0.4, 0.5) is 5.69 Å². The summed E-state index contributed by atoms with van der Waals surface area (Å²) in [6.45, 7) is 1.86. The standard InChI is InChI=1S/C17H15NO4S/c1-4-13-7-8-14(17(19)22-3)11-16(13)18-23(20,21)15-9-5-12(2)6-10-15/h1,5-11,18H,2-3H3. The lowest BCUT2D eigenvalue weighted by atomic mass is 10.1. The van der Waals surface area contributed by atoms with E-state index in [9.17, 15) is 13.2 Å². The van der Waals surface area contributed by atoms with Crippen molar-refractivity contribution in [1.82, 2.24) is 0 Å². The Labute approximate surface area is 135 Å². The first-order valence-corrected chi connectivity index (χ1v) is 8.14. The third kappa shape index (κ3) is 3.71. The lowest BCUT2D eigenvalue weighted by molar-refractivity contribution is 0.0601. The molecule has 0 bridgehead atoms. The molecule has 0 spiro atoms. The van der Waals surface area contributed by atoms with Crippen molar-refractivity contribution < 1.29 is 17.9 Å². The number of anilines is 1. The maximum atomic E-state index is 12.4. The average Bonchev–Trinajstić information content (AvgIpc) is 2.54. The van der Waals surface area contributed by atoms with Crippen LogP contribution in [0.5, 0.6) is 0 Å². The summed E-state index contributed by atoms with van der Waals surface area (Å²) >= 11 is 0. The molecule has 2 rings (SSSR count). The number of carbonyl (C=O) groups excluding carboxylic acids is 1. The van der Waals surface area contributed by atoms with E-state index in [2.05, 4.69) is 15.4 Å². The van der Waals surface area contributed by atoms with Crippen LogP contribution in [0.2, 0.25) is 0 Å². The van der Waals surface area contributed by atoms with Crippen LogP contribution in [-0.4, -0.2) is 21.5 Å². The van der Waals surface area contributed by atoms with Gasteiger partial charge in [-0.2, -0.15) is 0 Å². The zero-order chi connectivity index (χ0) is 17.0. The number of hydrogen-bond acceptors (Lipinski definition) is 4. The Balaban J connectivity index is 2.43. The SMILES string of the molecule is C#Cc1ccc(C(=O)OC)cc1NS(=O)(=O)c1ccc(C)cc1. The molecule has 0 aliphatic heterocycles. The van der Waals surface area contributed by atoms with Crippen molar-refractivity contribution in [2.24, 2.45) is 0 Å². The van der Waals surface area contributed by atoms with Gasteiger partial charge in [0, 0.05) is 5.56 Å². The summed E-state index contributed by atoms with van der Waals surface area (Å²) in [5, 5.41) is 0. The molecule has 0 unspecified atom stereocenters. The van der Waals surface area contributed by atoms with Crippen molar-refractivity contribution in [2.75, 3.05) is 11.8 Å². The second kappa shape index (κ2) is 6.55. The fourth-order valence-corrected chi connectivity index (χ4v) is 2.99. The average molecular weight is 329 g/mol. The fourth-order valence-electron chi connectivity index (χ4n) is 1.92. The van der Waals surface area contributed by atoms with Crippen LogP contribution in [0.1, 0.15) is 21.5 Å². The van der Waals surface area contributed by atoms with E-state index < -0.39 is 16.0 Å². The minimum atomic E-state index is -3.81. The molecular weight excluding hydrogens is 314 g/mol. The quantitative estimate of drug-likeness (QED) is 0.691. The van der Waals surface area contributed by atoms with E-state index in [1.165, 1.54) is 37.4 Å². The molecule has 0 fully saturated rings. The van der Waals surface area contributed by atoms with Crippen molar-refractivity contribution in [3.8, 4) is 12.3 Å². The van der Waals surface area contributed by atoms with Gasteiger partial charge < -0.3 is 4.74 Å². The number of hydrogen-bond donors (Lipinski definition) is 1. The number of terminal acetylenes is 1. The molecule has 0 heterocycles. The molecule has 5 nitrogen and oxygen atoms in total. The van der Waals surface area contributed by atoms with Gasteiger partial charge in [-0.05, 0) is 37.3 Å². The number of methoxy groups -OCH3 is 1. The summed E-state index contributed by atoms with van der Waals surface area (Å²) in [7, 11) is -2.57. The first kappa shape index (κ1) is 16.6. The zero-order valence-electron chi connectivity index (χ0n) is 12.7. The summed E-state index contributed by atoms with van der Waals surface area (Å²) in [5.74, 6) is 1.80. The molecule has 23 heavy (non-hydrogen) atoms. The minimum Gasteiger partial charge on any atom is -0.465 e. The minimum absolute atomic E-state index is 0.106. The van der Waals surface area contributed by atoms with Crippen LogP contribution in [-0.2, 0) is 14.8 Å². The highest BCUT2D eigenvalue weighted by atomic mass is 32.2. The number of ether oxygens (including phenoxy) is 1. The van der Waals surface area contributed by atoms with E-state index >= 15 is 0 Å². The topological polar surface area (TPSA) is 72.5 Å². The van der Waals surface area contributed by atoms with Crippen LogP contribution in [0.25, 0.3) is 0 Å². The maximum Gasteiger partial charge on any atom is 0.337 e. The monoisotopic (exact) mass is 329 g/mol. The third-order valence-electron chi connectivity index (χ3n) is 3.17. The predicted molar refractivity (Wildman–Crippen MR) is 87.7 cm³/mol. The molecular formula is C17H15NO4S. The zero-order valence-corrected chi connectivity index (χ0v) is 13.5. The van der Waals surface area contributed by atoms with Crippen LogP contribution >= 0.6 is 0 Å². The number of nitrogens with one attached hydrogen (secondary N) is 1. The highest BCUT2D eigenvalue weighted by Gasteiger charge is 2.17. The van der Waals surface area contributed by atoms with Gasteiger partial charge in [-0.15, -0.1) is 6.42 Å². The Hall–Kier alpha value is -2.78. The Bertz CT molecular complexity index is 878. The van der Waals surface area contributed by atoms with Crippen molar-refractivity contribution in [3.05, 3.63) is 59.2 Å². The van der Waals surface area contributed by atoms with Crippen LogP contribution in [0.15, 0.2) is 47.4 Å². The molecule has 0 aliphatic carbocycles. The van der Waals surface area contributed by atoms with Gasteiger partial charge in [0.25, 0.3) is 10.0 Å². The second-order valence-corrected chi connectivity index (χ2v) is 6.50. The fraction of sp³-hybridized carbons (Fsp3) is 0.118. The molecule has 2 aromatic rings. The van der Waals surface area contributed by atoms with E-state index in [4.69, 9.17) is 6.42 Å². The highest BCUT2D eigenvalue weighted by Crippen LogP contribution is 2.22. The Morgan fingerprint density at radius 2 is 1.83 bits per heavy atom. The van der Waals surface area contributed by atoms with Crippen LogP contribution < -0.4 is 4.72 Å². The van der Waals surface area contributed by atoms with E-state index in [0.717, 1.165) is 5.56 Å². The smallest absolute Gasteiger partial charge is 0.337 e. The maximum absolute atomic E-state index is 12.4. The van der Waals surface area contributed by atoms with E-state index in [1.807, 2.05) is 6.92 Å². The van der Waals surface area contributed by atoms with Gasteiger partial charge in [0.15, 0.2) is 0 Å². The highest BCUT2D eigenvalue weighted by molar-refractivity contribution is 7.92. The number of esters is 1. The van der Waals surface area contributed by atoms with Gasteiger partial charge in [0.05, 0.1) is 23.3 Å². The van der Waals surface area contributed by atoms with Crippen LogP contribution in [0.3, 0.4) is 0 Å². The third-order valence-corrected chi connectivity index (χ3v) is 4.55. The largest absolute Gasteiger partial charge is 0.465 e. The lowest BCUT2D eigenvalue weighted by Crippen LogP contribution is -2.14. The van der Waals surface area contributed by atoms with Gasteiger partial charge in [-0.25, -0.2) is 13.2 Å². The van der Waals surface area contributed by atoms with E-state index in [1.54, 1.807) is 12.1 Å². The summed E-state index contributed by atoms with van der Waals surface area (Å²) in [5.41, 5.74) is 1.62. The van der Waals surface area contributed by atoms with Gasteiger partial charge in [-0.1, -0.05) is 23.6 Å². The molecule has 2 aromatic carbocycles. The molecule has 118 valence electrons. The van der Waals surface area contributed by atoms with Crippen molar-refractivity contribution in [2.45, 2.75) is 11.8 Å². The van der Waals surface area contributed by atoms with Gasteiger partial charge in [0.2, 0.25) is 0 Å². The number of aryl methyl sites for hydroxylation is 1. The van der Waals surface area contributed by atoms with Crippen LogP contribution in [0, 0.1) is 19.3 Å². The normalized spacial score (nSPS) is 10.7. The molecule has 1 N–H and O–H groups in total. The van der Waals surface area contributed by atoms with E-state index in [-0.39, 0.29) is 16.1 Å². The number of benzene rings is 2. The molecule has 0 amide bonds. The first-order chi connectivity index (χ1) is 10.9. The predicted octanol–water partition coefficient (Wildman–Crippen LogP) is 2.56. The number of sulfonamides is 1. The van der Waals surface area contributed by atoms with E-state index in [0.29, 0.717) is 5.56 Å². The van der Waals surface area contributed by atoms with Crippen molar-refractivity contribution in [1.29, 1.82) is 0 Å². The molecule has 0 aliphatic rings. The summed E-state index contributed by atoms with van der Waals surface area (Å²) in [6, 6.07) is 10.7. The van der Waals surface area contributed by atoms with Gasteiger partial charge in [0.1, 0.15) is 0 Å². The summed E-state index contributed by atoms with van der Waals surface area (Å²) in [6.07, 6.45) is 5.39. The molecule has 0 saturated heterocycles. The Kier molecular flexibility index (Phi) is 4.72. The lowest BCUT2D eigenvalue weighted by Gasteiger charge is -2.11. The van der Waals surface area contributed by atoms with Crippen molar-refractivity contribution >= 4 is 21.7 Å². The van der Waals surface area contributed by atoms with Crippen molar-refractivity contribution in [3.63, 3.8) is 0 Å². The second-order valence-electron chi connectivity index (χ2n) is 4.81. The number of carbonyl (C=O) groups is 1. The van der Waals surface area contributed by atoms with Gasteiger partial charge in [-0.3, -0.25) is 4.72 Å². The molecule has 0 atom stereocenters. The molecule has 6 heteroatoms. The Morgan fingerprint density at radius 3 is 2.39 bits per heavy atom. The number of rotatable bonds is 4.